The van der Waals surface area contributed by atoms with Gasteiger partial charge in [-0.15, -0.1) is 5.10 Å². The van der Waals surface area contributed by atoms with Crippen LogP contribution in [-0.2, 0) is 10.0 Å². The molecule has 27 heavy (non-hydrogen) atoms. The summed E-state index contributed by atoms with van der Waals surface area (Å²) in [4.78, 5) is 4.58. The van der Waals surface area contributed by atoms with Crippen LogP contribution in [0, 0.1) is 13.8 Å². The summed E-state index contributed by atoms with van der Waals surface area (Å²) in [6.45, 7) is 6.12. The zero-order chi connectivity index (χ0) is 19.3. The van der Waals surface area contributed by atoms with Crippen molar-refractivity contribution >= 4 is 32.0 Å². The van der Waals surface area contributed by atoms with Crippen LogP contribution in [0.25, 0.3) is 21.9 Å². The molecule has 0 bridgehead atoms. The number of fused-ring (bicyclic) bond motifs is 3. The third kappa shape index (κ3) is 2.96. The Hall–Kier alpha value is -2.84. The third-order valence-electron chi connectivity index (χ3n) is 4.97. The summed E-state index contributed by atoms with van der Waals surface area (Å²) in [6.07, 6.45) is 1.73. The lowest BCUT2D eigenvalue weighted by Crippen LogP contribution is -2.13. The Morgan fingerprint density at radius 1 is 1.04 bits per heavy atom. The van der Waals surface area contributed by atoms with Crippen LogP contribution in [0.1, 0.15) is 29.7 Å². The molecule has 0 aliphatic heterocycles. The van der Waals surface area contributed by atoms with E-state index in [9.17, 15) is 8.42 Å². The van der Waals surface area contributed by atoms with Gasteiger partial charge in [0.2, 0.25) is 10.0 Å². The van der Waals surface area contributed by atoms with Crippen molar-refractivity contribution < 1.29 is 8.42 Å². The molecular weight excluding hydrogens is 362 g/mol. The molecule has 2 aromatic heterocycles. The number of aryl methyl sites for hydroxylation is 2. The van der Waals surface area contributed by atoms with Crippen LogP contribution in [-0.4, -0.2) is 28.4 Å². The van der Waals surface area contributed by atoms with Crippen molar-refractivity contribution in [1.82, 2.24) is 20.0 Å². The highest BCUT2D eigenvalue weighted by Crippen LogP contribution is 2.29. The van der Waals surface area contributed by atoms with Gasteiger partial charge in [0.15, 0.2) is 0 Å². The predicted molar refractivity (Wildman–Crippen MR) is 104 cm³/mol. The largest absolute Gasteiger partial charge is 0.254 e. The van der Waals surface area contributed by atoms with Crippen LogP contribution in [0.4, 0.5) is 0 Å². The number of hydrogen-bond donors (Lipinski definition) is 1. The average Bonchev–Trinajstić information content (AvgIpc) is 3.06. The van der Waals surface area contributed by atoms with Gasteiger partial charge in [-0.2, -0.15) is 0 Å². The molecule has 8 heteroatoms. The van der Waals surface area contributed by atoms with Gasteiger partial charge in [-0.25, -0.2) is 18.2 Å². The highest BCUT2D eigenvalue weighted by molar-refractivity contribution is 7.89. The van der Waals surface area contributed by atoms with E-state index in [1.165, 1.54) is 23.3 Å². The van der Waals surface area contributed by atoms with E-state index in [1.807, 2.05) is 11.6 Å². The summed E-state index contributed by atoms with van der Waals surface area (Å²) >= 11 is 0. The molecule has 4 aromatic rings. The van der Waals surface area contributed by atoms with Crippen LogP contribution in [0.15, 0.2) is 47.5 Å². The van der Waals surface area contributed by atoms with Crippen molar-refractivity contribution in [3.05, 3.63) is 59.3 Å². The molecular formula is C19H19N5O2S. The molecule has 2 N–H and O–H groups in total. The Morgan fingerprint density at radius 2 is 1.70 bits per heavy atom. The Labute approximate surface area is 156 Å². The fourth-order valence-electron chi connectivity index (χ4n) is 3.23. The van der Waals surface area contributed by atoms with Crippen LogP contribution in [0.2, 0.25) is 0 Å². The molecule has 0 radical (unpaired) electrons. The average molecular weight is 381 g/mol. The zero-order valence-electron chi connectivity index (χ0n) is 15.2. The highest BCUT2D eigenvalue weighted by Gasteiger charge is 2.17. The fraction of sp³-hybridized carbons (Fsp3) is 0.211. The molecule has 0 aliphatic rings. The first-order valence-electron chi connectivity index (χ1n) is 8.49. The lowest BCUT2D eigenvalue weighted by atomic mass is 10.0. The number of nitrogens with zero attached hydrogens (tertiary/aromatic N) is 4. The first-order valence-corrected chi connectivity index (χ1v) is 10.0. The Morgan fingerprint density at radius 3 is 2.37 bits per heavy atom. The van der Waals surface area contributed by atoms with Crippen LogP contribution in [0.3, 0.4) is 0 Å². The number of sulfonamides is 1. The first-order chi connectivity index (χ1) is 12.8. The predicted octanol–water partition coefficient (Wildman–Crippen LogP) is 2.85. The summed E-state index contributed by atoms with van der Waals surface area (Å²) in [6, 6.07) is 10.5. The maximum atomic E-state index is 11.5. The maximum Gasteiger partial charge on any atom is 0.238 e. The minimum absolute atomic E-state index is 0.0858. The van der Waals surface area contributed by atoms with Gasteiger partial charge in [-0.3, -0.25) is 4.98 Å². The number of hydrogen-bond acceptors (Lipinski definition) is 5. The molecule has 0 unspecified atom stereocenters. The van der Waals surface area contributed by atoms with E-state index in [-0.39, 0.29) is 10.9 Å². The van der Waals surface area contributed by atoms with Crippen LogP contribution >= 0.6 is 0 Å². The smallest absolute Gasteiger partial charge is 0.238 e. The number of rotatable bonds is 3. The van der Waals surface area contributed by atoms with Gasteiger partial charge in [0, 0.05) is 5.39 Å². The monoisotopic (exact) mass is 381 g/mol. The molecule has 0 amide bonds. The summed E-state index contributed by atoms with van der Waals surface area (Å²) in [7, 11) is -3.71. The second-order valence-electron chi connectivity index (χ2n) is 6.77. The molecule has 0 saturated heterocycles. The molecule has 0 spiro atoms. The maximum absolute atomic E-state index is 11.5. The van der Waals surface area contributed by atoms with E-state index in [0.717, 1.165) is 27.5 Å². The van der Waals surface area contributed by atoms with E-state index in [2.05, 4.69) is 41.3 Å². The van der Waals surface area contributed by atoms with E-state index >= 15 is 0 Å². The quantitative estimate of drug-likeness (QED) is 0.588. The van der Waals surface area contributed by atoms with Crippen LogP contribution in [0.5, 0.6) is 0 Å². The number of pyridine rings is 1. The molecule has 2 aromatic carbocycles. The number of primary sulfonamides is 1. The van der Waals surface area contributed by atoms with E-state index in [4.69, 9.17) is 5.14 Å². The number of aromatic nitrogens is 4. The standard InChI is InChI=1S/C19H19N5O2S/c1-11-8-16-17(9-12(11)2)21-10-18-19(16)24(23-22-18)13(3)14-4-6-15(7-5-14)27(20,25)26/h4-10,13H,1-3H3,(H2,20,25,26)/t13-/m1/s1. The van der Waals surface area contributed by atoms with Gasteiger partial charge in [0.1, 0.15) is 11.0 Å². The highest BCUT2D eigenvalue weighted by atomic mass is 32.2. The van der Waals surface area contributed by atoms with E-state index < -0.39 is 10.0 Å². The minimum atomic E-state index is -3.71. The van der Waals surface area contributed by atoms with Gasteiger partial charge in [0.05, 0.1) is 22.7 Å². The molecule has 138 valence electrons. The lowest BCUT2D eigenvalue weighted by molar-refractivity contribution is 0.560. The van der Waals surface area contributed by atoms with Crippen LogP contribution < -0.4 is 5.14 Å². The molecule has 0 aliphatic carbocycles. The molecule has 2 heterocycles. The zero-order valence-corrected chi connectivity index (χ0v) is 16.0. The Kier molecular flexibility index (Phi) is 3.97. The fourth-order valence-corrected chi connectivity index (χ4v) is 3.75. The first kappa shape index (κ1) is 17.6. The van der Waals surface area contributed by atoms with Crippen molar-refractivity contribution in [2.75, 3.05) is 0 Å². The minimum Gasteiger partial charge on any atom is -0.254 e. The molecule has 0 saturated carbocycles. The van der Waals surface area contributed by atoms with Crippen molar-refractivity contribution in [3.63, 3.8) is 0 Å². The van der Waals surface area contributed by atoms with Crippen molar-refractivity contribution in [3.8, 4) is 0 Å². The van der Waals surface area contributed by atoms with Crippen molar-refractivity contribution in [2.45, 2.75) is 31.7 Å². The van der Waals surface area contributed by atoms with Gasteiger partial charge in [-0.1, -0.05) is 17.3 Å². The van der Waals surface area contributed by atoms with E-state index in [1.54, 1.807) is 18.3 Å². The molecule has 7 nitrogen and oxygen atoms in total. The number of benzene rings is 2. The SMILES string of the molecule is Cc1cc2ncc3nnn([C@H](C)c4ccc(S(N)(=O)=O)cc4)c3c2cc1C. The summed E-state index contributed by atoms with van der Waals surface area (Å²) < 4.78 is 24.8. The second kappa shape index (κ2) is 6.11. The third-order valence-corrected chi connectivity index (χ3v) is 5.90. The normalized spacial score (nSPS) is 13.3. The van der Waals surface area contributed by atoms with E-state index in [0.29, 0.717) is 0 Å². The van der Waals surface area contributed by atoms with Gasteiger partial charge in [-0.05, 0) is 61.7 Å². The summed E-state index contributed by atoms with van der Waals surface area (Å²) in [5, 5.41) is 14.8. The van der Waals surface area contributed by atoms with Gasteiger partial charge < -0.3 is 0 Å². The Balaban J connectivity index is 1.88. The van der Waals surface area contributed by atoms with Crippen molar-refractivity contribution in [1.29, 1.82) is 0 Å². The summed E-state index contributed by atoms with van der Waals surface area (Å²) in [5.74, 6) is 0. The second-order valence-corrected chi connectivity index (χ2v) is 8.33. The van der Waals surface area contributed by atoms with Gasteiger partial charge in [0.25, 0.3) is 0 Å². The Bertz CT molecular complexity index is 1280. The molecule has 1 atom stereocenters. The topological polar surface area (TPSA) is 104 Å². The van der Waals surface area contributed by atoms with Gasteiger partial charge >= 0.3 is 0 Å². The molecule has 0 fully saturated rings. The number of nitrogens with two attached hydrogens (primary N) is 1. The molecule has 4 rings (SSSR count). The summed E-state index contributed by atoms with van der Waals surface area (Å²) in [5.41, 5.74) is 5.79. The van der Waals surface area contributed by atoms with Crippen molar-refractivity contribution in [2.24, 2.45) is 5.14 Å². The lowest BCUT2D eigenvalue weighted by Gasteiger charge is -2.15.